The maximum atomic E-state index is 8.89. The van der Waals surface area contributed by atoms with Crippen LogP contribution in [0.4, 0.5) is 0 Å². The van der Waals surface area contributed by atoms with Gasteiger partial charge >= 0.3 is 0 Å². The van der Waals surface area contributed by atoms with E-state index in [0.717, 1.165) is 12.5 Å². The highest BCUT2D eigenvalue weighted by Crippen LogP contribution is 2.22. The second-order valence-electron chi connectivity index (χ2n) is 3.80. The second kappa shape index (κ2) is 4.83. The van der Waals surface area contributed by atoms with Crippen molar-refractivity contribution in [1.82, 2.24) is 4.90 Å². The highest BCUT2D eigenvalue weighted by Gasteiger charge is 2.25. The Bertz CT molecular complexity index is 127. The molecule has 0 aromatic carbocycles. The Morgan fingerprint density at radius 3 is 2.75 bits per heavy atom. The van der Waals surface area contributed by atoms with E-state index in [9.17, 15) is 0 Å². The zero-order valence-corrected chi connectivity index (χ0v) is 8.29. The van der Waals surface area contributed by atoms with Crippen LogP contribution in [0, 0.1) is 0 Å². The average molecular weight is 171 g/mol. The van der Waals surface area contributed by atoms with E-state index < -0.39 is 0 Å². The first-order valence-electron chi connectivity index (χ1n) is 5.16. The SMILES string of the molecule is CCC(CCO)N1CCCC1C. The van der Waals surface area contributed by atoms with Crippen LogP contribution in [-0.2, 0) is 0 Å². The van der Waals surface area contributed by atoms with E-state index >= 15 is 0 Å². The van der Waals surface area contributed by atoms with Gasteiger partial charge in [-0.3, -0.25) is 4.90 Å². The molecule has 72 valence electrons. The van der Waals surface area contributed by atoms with Crippen molar-refractivity contribution in [1.29, 1.82) is 0 Å². The molecule has 2 atom stereocenters. The lowest BCUT2D eigenvalue weighted by Gasteiger charge is -2.30. The molecule has 2 heteroatoms. The van der Waals surface area contributed by atoms with Crippen molar-refractivity contribution in [2.45, 2.75) is 51.6 Å². The van der Waals surface area contributed by atoms with Gasteiger partial charge in [0.15, 0.2) is 0 Å². The largest absolute Gasteiger partial charge is 0.396 e. The summed E-state index contributed by atoms with van der Waals surface area (Å²) in [5.41, 5.74) is 0. The van der Waals surface area contributed by atoms with E-state index in [1.807, 2.05) is 0 Å². The third-order valence-electron chi connectivity index (χ3n) is 3.01. The standard InChI is InChI=1S/C10H21NO/c1-3-10(6-8-12)11-7-4-5-9(11)2/h9-10,12H,3-8H2,1-2H3. The van der Waals surface area contributed by atoms with Gasteiger partial charge in [0, 0.05) is 18.7 Å². The molecule has 0 radical (unpaired) electrons. The third-order valence-corrected chi connectivity index (χ3v) is 3.01. The summed E-state index contributed by atoms with van der Waals surface area (Å²) >= 11 is 0. The highest BCUT2D eigenvalue weighted by atomic mass is 16.3. The summed E-state index contributed by atoms with van der Waals surface area (Å²) in [5, 5.41) is 8.89. The molecule has 0 amide bonds. The Hall–Kier alpha value is -0.0800. The van der Waals surface area contributed by atoms with Crippen LogP contribution in [0.2, 0.25) is 0 Å². The molecular formula is C10H21NO. The van der Waals surface area contributed by atoms with Crippen LogP contribution >= 0.6 is 0 Å². The van der Waals surface area contributed by atoms with Crippen LogP contribution in [-0.4, -0.2) is 35.2 Å². The maximum Gasteiger partial charge on any atom is 0.0445 e. The molecule has 0 aromatic heterocycles. The number of hydrogen-bond acceptors (Lipinski definition) is 2. The van der Waals surface area contributed by atoms with Crippen LogP contribution in [0.3, 0.4) is 0 Å². The summed E-state index contributed by atoms with van der Waals surface area (Å²) < 4.78 is 0. The number of aliphatic hydroxyl groups is 1. The number of nitrogens with zero attached hydrogens (tertiary/aromatic N) is 1. The first-order valence-corrected chi connectivity index (χ1v) is 5.16. The molecule has 12 heavy (non-hydrogen) atoms. The molecule has 0 aliphatic carbocycles. The Kier molecular flexibility index (Phi) is 4.02. The van der Waals surface area contributed by atoms with Gasteiger partial charge in [-0.1, -0.05) is 6.92 Å². The van der Waals surface area contributed by atoms with E-state index in [1.54, 1.807) is 0 Å². The Morgan fingerprint density at radius 2 is 2.33 bits per heavy atom. The van der Waals surface area contributed by atoms with Gasteiger partial charge in [-0.2, -0.15) is 0 Å². The molecule has 1 aliphatic heterocycles. The topological polar surface area (TPSA) is 23.5 Å². The van der Waals surface area contributed by atoms with Crippen molar-refractivity contribution in [3.63, 3.8) is 0 Å². The molecule has 0 aromatic rings. The predicted molar refractivity (Wildman–Crippen MR) is 51.2 cm³/mol. The Labute approximate surface area is 75.6 Å². The van der Waals surface area contributed by atoms with Gasteiger partial charge in [0.1, 0.15) is 0 Å². The van der Waals surface area contributed by atoms with Crippen molar-refractivity contribution >= 4 is 0 Å². The molecule has 1 N–H and O–H groups in total. The Morgan fingerprint density at radius 1 is 1.58 bits per heavy atom. The molecule has 2 nitrogen and oxygen atoms in total. The zero-order chi connectivity index (χ0) is 8.97. The molecule has 1 fully saturated rings. The number of aliphatic hydroxyl groups excluding tert-OH is 1. The van der Waals surface area contributed by atoms with E-state index in [4.69, 9.17) is 5.11 Å². The summed E-state index contributed by atoms with van der Waals surface area (Å²) in [6.45, 7) is 6.08. The Balaban J connectivity index is 2.41. The summed E-state index contributed by atoms with van der Waals surface area (Å²) in [6, 6.07) is 1.36. The van der Waals surface area contributed by atoms with Crippen molar-refractivity contribution < 1.29 is 5.11 Å². The van der Waals surface area contributed by atoms with Crippen molar-refractivity contribution in [3.05, 3.63) is 0 Å². The molecule has 0 saturated carbocycles. The summed E-state index contributed by atoms with van der Waals surface area (Å²) in [7, 11) is 0. The van der Waals surface area contributed by atoms with Crippen molar-refractivity contribution in [3.8, 4) is 0 Å². The second-order valence-corrected chi connectivity index (χ2v) is 3.80. The molecule has 1 heterocycles. The van der Waals surface area contributed by atoms with Crippen LogP contribution in [0.1, 0.15) is 39.5 Å². The summed E-state index contributed by atoms with van der Waals surface area (Å²) in [6.07, 6.45) is 4.79. The lowest BCUT2D eigenvalue weighted by atomic mass is 10.1. The smallest absolute Gasteiger partial charge is 0.0445 e. The number of likely N-dealkylation sites (tertiary alicyclic amines) is 1. The molecule has 2 unspecified atom stereocenters. The first kappa shape index (κ1) is 10.0. The fourth-order valence-corrected chi connectivity index (χ4v) is 2.25. The quantitative estimate of drug-likeness (QED) is 0.695. The van der Waals surface area contributed by atoms with Gasteiger partial charge in [-0.25, -0.2) is 0 Å². The highest BCUT2D eigenvalue weighted by molar-refractivity contribution is 4.81. The monoisotopic (exact) mass is 171 g/mol. The number of rotatable bonds is 4. The first-order chi connectivity index (χ1) is 5.79. The van der Waals surface area contributed by atoms with Crippen LogP contribution in [0.5, 0.6) is 0 Å². The van der Waals surface area contributed by atoms with Crippen LogP contribution in [0.25, 0.3) is 0 Å². The minimum Gasteiger partial charge on any atom is -0.396 e. The van der Waals surface area contributed by atoms with E-state index in [-0.39, 0.29) is 0 Å². The van der Waals surface area contributed by atoms with E-state index in [2.05, 4.69) is 18.7 Å². The van der Waals surface area contributed by atoms with Gasteiger partial charge in [0.05, 0.1) is 0 Å². The van der Waals surface area contributed by atoms with Crippen LogP contribution < -0.4 is 0 Å². The lowest BCUT2D eigenvalue weighted by Crippen LogP contribution is -2.37. The lowest BCUT2D eigenvalue weighted by molar-refractivity contribution is 0.147. The minimum atomic E-state index is 0.335. The van der Waals surface area contributed by atoms with E-state index in [1.165, 1.54) is 25.8 Å². The van der Waals surface area contributed by atoms with Crippen molar-refractivity contribution in [2.75, 3.05) is 13.2 Å². The van der Waals surface area contributed by atoms with Gasteiger partial charge in [-0.15, -0.1) is 0 Å². The maximum absolute atomic E-state index is 8.89. The summed E-state index contributed by atoms with van der Waals surface area (Å²) in [5.74, 6) is 0. The molecule has 1 rings (SSSR count). The number of hydrogen-bond donors (Lipinski definition) is 1. The fourth-order valence-electron chi connectivity index (χ4n) is 2.25. The van der Waals surface area contributed by atoms with Gasteiger partial charge in [0.2, 0.25) is 0 Å². The van der Waals surface area contributed by atoms with Gasteiger partial charge < -0.3 is 5.11 Å². The molecular weight excluding hydrogens is 150 g/mol. The third kappa shape index (κ3) is 2.20. The predicted octanol–water partition coefficient (Wildman–Crippen LogP) is 1.63. The zero-order valence-electron chi connectivity index (χ0n) is 8.29. The van der Waals surface area contributed by atoms with Crippen LogP contribution in [0.15, 0.2) is 0 Å². The minimum absolute atomic E-state index is 0.335. The van der Waals surface area contributed by atoms with Gasteiger partial charge in [-0.05, 0) is 39.2 Å². The summed E-state index contributed by atoms with van der Waals surface area (Å²) in [4.78, 5) is 2.55. The van der Waals surface area contributed by atoms with Gasteiger partial charge in [0.25, 0.3) is 0 Å². The normalized spacial score (nSPS) is 27.8. The molecule has 0 bridgehead atoms. The molecule has 1 aliphatic rings. The van der Waals surface area contributed by atoms with E-state index in [0.29, 0.717) is 12.6 Å². The average Bonchev–Trinajstić information content (AvgIpc) is 2.47. The fraction of sp³-hybridized carbons (Fsp3) is 1.00. The molecule has 1 saturated heterocycles. The van der Waals surface area contributed by atoms with Crippen molar-refractivity contribution in [2.24, 2.45) is 0 Å². The molecule has 0 spiro atoms.